The smallest absolute Gasteiger partial charge is 0.183 e. The monoisotopic (exact) mass is 272 g/mol. The van der Waals surface area contributed by atoms with Gasteiger partial charge >= 0.3 is 0 Å². The number of nitrogens with zero attached hydrogens (tertiary/aromatic N) is 3. The molecule has 6 heteroatoms. The normalized spacial score (nSPS) is 11.0. The number of thioether (sulfide) groups is 1. The molecule has 0 unspecified atom stereocenters. The molecule has 0 amide bonds. The minimum absolute atomic E-state index is 0.0956. The van der Waals surface area contributed by atoms with Crippen molar-refractivity contribution < 1.29 is 4.79 Å². The molecular formula is C13H12N4OS. The summed E-state index contributed by atoms with van der Waals surface area (Å²) in [7, 11) is 1.95. The molecule has 0 spiro atoms. The molecule has 2 heterocycles. The Bertz CT molecular complexity index is 717. The number of Topliss-reactive ketones (excluding diaryl/α,β-unsaturated/α-hetero) is 1. The molecule has 0 atom stereocenters. The largest absolute Gasteiger partial charge is 0.350 e. The molecule has 2 aromatic heterocycles. The lowest BCUT2D eigenvalue weighted by atomic mass is 10.1. The van der Waals surface area contributed by atoms with Gasteiger partial charge in [0.2, 0.25) is 0 Å². The first-order valence-electron chi connectivity index (χ1n) is 5.81. The van der Waals surface area contributed by atoms with E-state index in [9.17, 15) is 4.79 Å². The Balaban J connectivity index is 1.85. The van der Waals surface area contributed by atoms with Crippen molar-refractivity contribution in [3.05, 3.63) is 42.4 Å². The van der Waals surface area contributed by atoms with Gasteiger partial charge in [-0.3, -0.25) is 9.89 Å². The van der Waals surface area contributed by atoms with E-state index in [0.717, 1.165) is 16.5 Å². The second-order valence-electron chi connectivity index (χ2n) is 4.17. The number of carbonyl (C=O) groups is 1. The number of aryl methyl sites for hydroxylation is 1. The summed E-state index contributed by atoms with van der Waals surface area (Å²) < 4.78 is 1.97. The van der Waals surface area contributed by atoms with Crippen LogP contribution in [0.15, 0.2) is 41.9 Å². The summed E-state index contributed by atoms with van der Waals surface area (Å²) in [5.74, 6) is 0.446. The molecule has 3 rings (SSSR count). The fourth-order valence-electron chi connectivity index (χ4n) is 2.04. The van der Waals surface area contributed by atoms with Gasteiger partial charge in [0.05, 0.1) is 5.75 Å². The van der Waals surface area contributed by atoms with Crippen molar-refractivity contribution in [3.63, 3.8) is 0 Å². The highest BCUT2D eigenvalue weighted by molar-refractivity contribution is 7.99. The molecule has 0 saturated carbocycles. The number of benzene rings is 1. The van der Waals surface area contributed by atoms with Crippen molar-refractivity contribution in [1.29, 1.82) is 0 Å². The van der Waals surface area contributed by atoms with Gasteiger partial charge < -0.3 is 4.57 Å². The molecule has 0 aliphatic carbocycles. The van der Waals surface area contributed by atoms with Crippen LogP contribution in [0.25, 0.3) is 10.9 Å². The van der Waals surface area contributed by atoms with Crippen LogP contribution in [-0.4, -0.2) is 31.3 Å². The molecule has 1 aromatic carbocycles. The fraction of sp³-hybridized carbons (Fsp3) is 0.154. The van der Waals surface area contributed by atoms with Crippen molar-refractivity contribution in [3.8, 4) is 0 Å². The van der Waals surface area contributed by atoms with E-state index in [1.165, 1.54) is 18.1 Å². The molecule has 0 saturated heterocycles. The molecule has 19 heavy (non-hydrogen) atoms. The van der Waals surface area contributed by atoms with E-state index in [1.807, 2.05) is 42.1 Å². The number of ketones is 1. The zero-order valence-corrected chi connectivity index (χ0v) is 11.1. The number of para-hydroxylation sites is 1. The number of rotatable bonds is 4. The van der Waals surface area contributed by atoms with Crippen LogP contribution in [0.3, 0.4) is 0 Å². The Morgan fingerprint density at radius 1 is 1.42 bits per heavy atom. The van der Waals surface area contributed by atoms with Gasteiger partial charge in [-0.15, -0.1) is 0 Å². The van der Waals surface area contributed by atoms with Gasteiger partial charge in [-0.1, -0.05) is 30.0 Å². The van der Waals surface area contributed by atoms with Gasteiger partial charge in [-0.2, -0.15) is 5.10 Å². The third-order valence-corrected chi connectivity index (χ3v) is 3.81. The van der Waals surface area contributed by atoms with Gasteiger partial charge in [0.25, 0.3) is 0 Å². The van der Waals surface area contributed by atoms with Gasteiger partial charge in [0, 0.05) is 29.7 Å². The average molecular weight is 272 g/mol. The van der Waals surface area contributed by atoms with Crippen molar-refractivity contribution in [1.82, 2.24) is 19.7 Å². The molecule has 0 fully saturated rings. The molecule has 0 radical (unpaired) electrons. The number of aromatic nitrogens is 4. The van der Waals surface area contributed by atoms with Gasteiger partial charge in [-0.25, -0.2) is 4.98 Å². The zero-order valence-electron chi connectivity index (χ0n) is 10.3. The summed E-state index contributed by atoms with van der Waals surface area (Å²) in [6.07, 6.45) is 3.32. The van der Waals surface area contributed by atoms with E-state index < -0.39 is 0 Å². The van der Waals surface area contributed by atoms with E-state index in [1.54, 1.807) is 0 Å². The number of fused-ring (bicyclic) bond motifs is 1. The van der Waals surface area contributed by atoms with Gasteiger partial charge in [0.15, 0.2) is 10.9 Å². The highest BCUT2D eigenvalue weighted by Gasteiger charge is 2.14. The third-order valence-electron chi connectivity index (χ3n) is 2.93. The highest BCUT2D eigenvalue weighted by atomic mass is 32.2. The molecule has 1 N–H and O–H groups in total. The number of carbonyl (C=O) groups excluding carboxylic acids is 1. The lowest BCUT2D eigenvalue weighted by molar-refractivity contribution is 0.102. The summed E-state index contributed by atoms with van der Waals surface area (Å²) in [5.41, 5.74) is 1.82. The predicted molar refractivity (Wildman–Crippen MR) is 74.4 cm³/mol. The van der Waals surface area contributed by atoms with E-state index >= 15 is 0 Å². The Kier molecular flexibility index (Phi) is 3.08. The minimum atomic E-state index is 0.0956. The van der Waals surface area contributed by atoms with Crippen molar-refractivity contribution >= 4 is 28.4 Å². The average Bonchev–Trinajstić information content (AvgIpc) is 3.05. The van der Waals surface area contributed by atoms with Crippen LogP contribution in [0.1, 0.15) is 10.4 Å². The first kappa shape index (κ1) is 12.0. The van der Waals surface area contributed by atoms with Crippen LogP contribution in [0, 0.1) is 0 Å². The second-order valence-corrected chi connectivity index (χ2v) is 5.14. The molecule has 5 nitrogen and oxygen atoms in total. The summed E-state index contributed by atoms with van der Waals surface area (Å²) in [5, 5.41) is 8.14. The number of H-pyrrole nitrogens is 1. The van der Waals surface area contributed by atoms with Crippen LogP contribution >= 0.6 is 11.8 Å². The second kappa shape index (κ2) is 4.89. The SMILES string of the molecule is Cn1cc(C(=O)CSc2ncn[nH]2)c2ccccc21. The third kappa shape index (κ3) is 2.26. The fourth-order valence-corrected chi connectivity index (χ4v) is 2.70. The molecule has 3 aromatic rings. The number of hydrogen-bond acceptors (Lipinski definition) is 4. The first-order valence-corrected chi connectivity index (χ1v) is 6.79. The van der Waals surface area contributed by atoms with E-state index in [0.29, 0.717) is 10.9 Å². The summed E-state index contributed by atoms with van der Waals surface area (Å²) in [6, 6.07) is 7.90. The number of nitrogens with one attached hydrogen (secondary N) is 1. The highest BCUT2D eigenvalue weighted by Crippen LogP contribution is 2.22. The quantitative estimate of drug-likeness (QED) is 0.584. The maximum Gasteiger partial charge on any atom is 0.183 e. The van der Waals surface area contributed by atoms with Crippen molar-refractivity contribution in [2.45, 2.75) is 5.16 Å². The maximum atomic E-state index is 12.3. The molecule has 0 aliphatic heterocycles. The van der Waals surface area contributed by atoms with Gasteiger partial charge in [0.1, 0.15) is 6.33 Å². The van der Waals surface area contributed by atoms with E-state index in [2.05, 4.69) is 15.2 Å². The lowest BCUT2D eigenvalue weighted by Gasteiger charge is -1.97. The van der Waals surface area contributed by atoms with Crippen LogP contribution < -0.4 is 0 Å². The van der Waals surface area contributed by atoms with E-state index in [-0.39, 0.29) is 5.78 Å². The lowest BCUT2D eigenvalue weighted by Crippen LogP contribution is -2.01. The zero-order chi connectivity index (χ0) is 13.2. The Morgan fingerprint density at radius 2 is 2.26 bits per heavy atom. The van der Waals surface area contributed by atoms with Crippen molar-refractivity contribution in [2.75, 3.05) is 5.75 Å². The summed E-state index contributed by atoms with van der Waals surface area (Å²) in [4.78, 5) is 16.3. The van der Waals surface area contributed by atoms with Crippen LogP contribution in [-0.2, 0) is 7.05 Å². The Hall–Kier alpha value is -2.08. The topological polar surface area (TPSA) is 63.6 Å². The number of hydrogen-bond donors (Lipinski definition) is 1. The predicted octanol–water partition coefficient (Wildman–Crippen LogP) is 2.27. The van der Waals surface area contributed by atoms with Gasteiger partial charge in [-0.05, 0) is 6.07 Å². The van der Waals surface area contributed by atoms with Crippen LogP contribution in [0.4, 0.5) is 0 Å². The van der Waals surface area contributed by atoms with Crippen LogP contribution in [0.5, 0.6) is 0 Å². The summed E-state index contributed by atoms with van der Waals surface area (Å²) >= 11 is 1.36. The molecule has 0 aliphatic rings. The van der Waals surface area contributed by atoms with Crippen LogP contribution in [0.2, 0.25) is 0 Å². The molecule has 0 bridgehead atoms. The summed E-state index contributed by atoms with van der Waals surface area (Å²) in [6.45, 7) is 0. The van der Waals surface area contributed by atoms with Crippen molar-refractivity contribution in [2.24, 2.45) is 7.05 Å². The maximum absolute atomic E-state index is 12.3. The Morgan fingerprint density at radius 3 is 3.05 bits per heavy atom. The van der Waals surface area contributed by atoms with E-state index in [4.69, 9.17) is 0 Å². The standard InChI is InChI=1S/C13H12N4OS/c1-17-6-10(9-4-2-3-5-11(9)17)12(18)7-19-13-14-8-15-16-13/h2-6,8H,7H2,1H3,(H,14,15,16). The number of aromatic amines is 1. The minimum Gasteiger partial charge on any atom is -0.350 e. The Labute approximate surface area is 114 Å². The molecule has 96 valence electrons. The molecular weight excluding hydrogens is 260 g/mol. The first-order chi connectivity index (χ1) is 9.25.